The number of carbonyl (C=O) groups excluding carboxylic acids is 1. The molecular formula is C20H23N5O4. The van der Waals surface area contributed by atoms with Crippen LogP contribution in [0.25, 0.3) is 0 Å². The molecule has 0 saturated carbocycles. The highest BCUT2D eigenvalue weighted by atomic mass is 16.6. The van der Waals surface area contributed by atoms with Crippen LogP contribution < -0.4 is 10.1 Å². The van der Waals surface area contributed by atoms with Crippen LogP contribution in [0.15, 0.2) is 42.6 Å². The minimum Gasteiger partial charge on any atom is -0.457 e. The van der Waals surface area contributed by atoms with E-state index in [1.807, 2.05) is 4.90 Å². The van der Waals surface area contributed by atoms with E-state index in [1.165, 1.54) is 43.8 Å². The number of hydrogen-bond acceptors (Lipinski definition) is 6. The van der Waals surface area contributed by atoms with Crippen molar-refractivity contribution in [3.63, 3.8) is 0 Å². The van der Waals surface area contributed by atoms with Crippen LogP contribution in [0.1, 0.15) is 19.3 Å². The normalized spacial score (nSPS) is 17.4. The molecule has 4 rings (SSSR count). The lowest BCUT2D eigenvalue weighted by Crippen LogP contribution is -2.51. The summed E-state index contributed by atoms with van der Waals surface area (Å²) in [6, 6.07) is 9.54. The molecule has 9 nitrogen and oxygen atoms in total. The minimum atomic E-state index is -0.462. The average Bonchev–Trinajstić information content (AvgIpc) is 2.68. The van der Waals surface area contributed by atoms with E-state index in [4.69, 9.17) is 4.74 Å². The molecule has 1 aromatic carbocycles. The third-order valence-electron chi connectivity index (χ3n) is 5.41. The van der Waals surface area contributed by atoms with Gasteiger partial charge >= 0.3 is 6.03 Å². The number of urea groups is 1. The number of nitrogens with zero attached hydrogens (tertiary/aromatic N) is 4. The molecule has 152 valence electrons. The Morgan fingerprint density at radius 3 is 2.45 bits per heavy atom. The van der Waals surface area contributed by atoms with Crippen molar-refractivity contribution in [3.8, 4) is 11.5 Å². The molecule has 2 fully saturated rings. The maximum absolute atomic E-state index is 12.6. The molecule has 2 saturated heterocycles. The molecule has 2 aliphatic heterocycles. The highest BCUT2D eigenvalue weighted by molar-refractivity contribution is 5.88. The van der Waals surface area contributed by atoms with Crippen LogP contribution in [0, 0.1) is 10.1 Å². The summed E-state index contributed by atoms with van der Waals surface area (Å²) in [6.07, 6.45) is 4.84. The van der Waals surface area contributed by atoms with Gasteiger partial charge in [-0.15, -0.1) is 0 Å². The van der Waals surface area contributed by atoms with Crippen molar-refractivity contribution in [2.75, 3.05) is 31.5 Å². The van der Waals surface area contributed by atoms with Gasteiger partial charge < -0.3 is 14.5 Å². The second-order valence-corrected chi connectivity index (χ2v) is 7.27. The summed E-state index contributed by atoms with van der Waals surface area (Å²) in [4.78, 5) is 31.3. The molecule has 2 amide bonds. The number of nitro groups is 1. The number of ether oxygens (including phenoxy) is 1. The maximum atomic E-state index is 12.6. The Bertz CT molecular complexity index is 877. The molecule has 2 aliphatic rings. The van der Waals surface area contributed by atoms with Crippen LogP contribution in [0.4, 0.5) is 16.3 Å². The van der Waals surface area contributed by atoms with Crippen LogP contribution in [0.3, 0.4) is 0 Å². The first-order chi connectivity index (χ1) is 14.1. The molecule has 1 aromatic heterocycles. The minimum absolute atomic E-state index is 0.00194. The zero-order chi connectivity index (χ0) is 20.2. The van der Waals surface area contributed by atoms with Gasteiger partial charge in [0.1, 0.15) is 17.3 Å². The number of pyridine rings is 1. The summed E-state index contributed by atoms with van der Waals surface area (Å²) in [5.41, 5.74) is -0.00194. The van der Waals surface area contributed by atoms with E-state index in [2.05, 4.69) is 15.2 Å². The Morgan fingerprint density at radius 2 is 1.83 bits per heavy atom. The fourth-order valence-corrected chi connectivity index (χ4v) is 3.64. The van der Waals surface area contributed by atoms with Crippen molar-refractivity contribution in [2.24, 2.45) is 0 Å². The summed E-state index contributed by atoms with van der Waals surface area (Å²) >= 11 is 0. The second-order valence-electron chi connectivity index (χ2n) is 7.27. The number of anilines is 1. The third kappa shape index (κ3) is 4.62. The number of benzene rings is 1. The van der Waals surface area contributed by atoms with E-state index in [0.717, 1.165) is 25.9 Å². The number of hydrogen-bond donors (Lipinski definition) is 1. The molecule has 3 heterocycles. The molecule has 0 atom stereocenters. The number of piperidine rings is 1. The fourth-order valence-electron chi connectivity index (χ4n) is 3.64. The third-order valence-corrected chi connectivity index (χ3v) is 5.41. The quantitative estimate of drug-likeness (QED) is 0.612. The molecule has 0 bridgehead atoms. The van der Waals surface area contributed by atoms with Crippen molar-refractivity contribution in [1.82, 2.24) is 14.8 Å². The van der Waals surface area contributed by atoms with E-state index >= 15 is 0 Å². The van der Waals surface area contributed by atoms with Crippen LogP contribution in [-0.4, -0.2) is 58.0 Å². The predicted molar refractivity (Wildman–Crippen MR) is 107 cm³/mol. The van der Waals surface area contributed by atoms with E-state index in [9.17, 15) is 14.9 Å². The first kappa shape index (κ1) is 19.1. The summed E-state index contributed by atoms with van der Waals surface area (Å²) in [6.45, 7) is 3.85. The van der Waals surface area contributed by atoms with Gasteiger partial charge in [-0.3, -0.25) is 15.4 Å². The van der Waals surface area contributed by atoms with Gasteiger partial charge in [0.25, 0.3) is 5.69 Å². The van der Waals surface area contributed by atoms with Gasteiger partial charge in [0.05, 0.1) is 4.92 Å². The number of aromatic nitrogens is 1. The number of non-ortho nitro benzene ring substituents is 1. The van der Waals surface area contributed by atoms with Crippen LogP contribution >= 0.6 is 0 Å². The molecule has 1 N–H and O–H groups in total. The zero-order valence-corrected chi connectivity index (χ0v) is 16.0. The topological polar surface area (TPSA) is 101 Å². The molecule has 0 aliphatic carbocycles. The van der Waals surface area contributed by atoms with Crippen LogP contribution in [-0.2, 0) is 0 Å². The molecule has 0 unspecified atom stereocenters. The number of nitrogens with one attached hydrogen (secondary N) is 1. The standard InChI is InChI=1S/C20H23N5O4/c26-20(24-12-7-15(8-13-24)23-10-1-11-23)22-19-14-18(6-9-21-19)29-17-4-2-16(3-5-17)25(27)28/h2-6,9,14-15H,1,7-8,10-13H2,(H,21,22,26). The van der Waals surface area contributed by atoms with Gasteiger partial charge in [0.2, 0.25) is 0 Å². The maximum Gasteiger partial charge on any atom is 0.323 e. The van der Waals surface area contributed by atoms with Gasteiger partial charge in [-0.1, -0.05) is 0 Å². The van der Waals surface area contributed by atoms with Crippen molar-refractivity contribution in [1.29, 1.82) is 0 Å². The Hall–Kier alpha value is -3.20. The molecule has 9 heteroatoms. The Morgan fingerprint density at radius 1 is 1.10 bits per heavy atom. The van der Waals surface area contributed by atoms with Gasteiger partial charge in [-0.2, -0.15) is 0 Å². The van der Waals surface area contributed by atoms with Crippen molar-refractivity contribution < 1.29 is 14.5 Å². The molecule has 0 spiro atoms. The summed E-state index contributed by atoms with van der Waals surface area (Å²) < 4.78 is 5.71. The summed E-state index contributed by atoms with van der Waals surface area (Å²) in [5, 5.41) is 13.6. The smallest absolute Gasteiger partial charge is 0.323 e. The molecular weight excluding hydrogens is 374 g/mol. The van der Waals surface area contributed by atoms with E-state index in [-0.39, 0.29) is 11.7 Å². The average molecular weight is 397 g/mol. The van der Waals surface area contributed by atoms with Crippen LogP contribution in [0.5, 0.6) is 11.5 Å². The first-order valence-electron chi connectivity index (χ1n) is 9.77. The zero-order valence-electron chi connectivity index (χ0n) is 16.0. The highest BCUT2D eigenvalue weighted by Crippen LogP contribution is 2.26. The van der Waals surface area contributed by atoms with Gasteiger partial charge in [0.15, 0.2) is 0 Å². The highest BCUT2D eigenvalue weighted by Gasteiger charge is 2.29. The first-order valence-corrected chi connectivity index (χ1v) is 9.77. The Balaban J connectivity index is 1.32. The Kier molecular flexibility index (Phi) is 5.57. The number of amides is 2. The number of likely N-dealkylation sites (tertiary alicyclic amines) is 2. The van der Waals surface area contributed by atoms with E-state index in [1.54, 1.807) is 18.3 Å². The Labute approximate surface area is 168 Å². The van der Waals surface area contributed by atoms with Gasteiger partial charge in [-0.25, -0.2) is 9.78 Å². The van der Waals surface area contributed by atoms with Crippen molar-refractivity contribution in [2.45, 2.75) is 25.3 Å². The fraction of sp³-hybridized carbons (Fsp3) is 0.400. The number of carbonyl (C=O) groups is 1. The van der Waals surface area contributed by atoms with Crippen molar-refractivity contribution in [3.05, 3.63) is 52.7 Å². The summed E-state index contributed by atoms with van der Waals surface area (Å²) in [5.74, 6) is 1.35. The lowest BCUT2D eigenvalue weighted by molar-refractivity contribution is -0.384. The molecule has 2 aromatic rings. The SMILES string of the molecule is O=C(Nc1cc(Oc2ccc([N+](=O)[O-])cc2)ccn1)N1CCC(N2CCC2)CC1. The van der Waals surface area contributed by atoms with E-state index in [0.29, 0.717) is 23.4 Å². The monoisotopic (exact) mass is 397 g/mol. The number of rotatable bonds is 5. The molecule has 0 radical (unpaired) electrons. The number of nitro benzene ring substituents is 1. The van der Waals surface area contributed by atoms with Gasteiger partial charge in [-0.05, 0) is 50.6 Å². The predicted octanol–water partition coefficient (Wildman–Crippen LogP) is 3.48. The van der Waals surface area contributed by atoms with Gasteiger partial charge in [0, 0.05) is 43.5 Å². The van der Waals surface area contributed by atoms with Crippen molar-refractivity contribution >= 4 is 17.5 Å². The molecule has 29 heavy (non-hydrogen) atoms. The largest absolute Gasteiger partial charge is 0.457 e. The lowest BCUT2D eigenvalue weighted by Gasteiger charge is -2.42. The summed E-state index contributed by atoms with van der Waals surface area (Å²) in [7, 11) is 0. The second kappa shape index (κ2) is 8.44. The lowest BCUT2D eigenvalue weighted by atomic mass is 10.00. The van der Waals surface area contributed by atoms with E-state index < -0.39 is 4.92 Å². The van der Waals surface area contributed by atoms with Crippen LogP contribution in [0.2, 0.25) is 0 Å².